The zero-order valence-corrected chi connectivity index (χ0v) is 9.94. The van der Waals surface area contributed by atoms with Crippen LogP contribution in [-0.2, 0) is 0 Å². The highest BCUT2D eigenvalue weighted by Crippen LogP contribution is 2.06. The number of hydrogen-bond donors (Lipinski definition) is 1. The topological polar surface area (TPSA) is 59.2 Å². The average Bonchev–Trinajstić information content (AvgIpc) is 2.29. The number of nitrogen functional groups attached to an aromatic ring is 1. The van der Waals surface area contributed by atoms with Crippen LogP contribution in [0.1, 0.15) is 30.1 Å². The van der Waals surface area contributed by atoms with E-state index in [0.717, 1.165) is 19.5 Å². The minimum Gasteiger partial charge on any atom is -0.384 e. The Morgan fingerprint density at radius 1 is 1.50 bits per heavy atom. The number of carbonyl (C=O) groups excluding carboxylic acids is 1. The van der Waals surface area contributed by atoms with Gasteiger partial charge in [0.15, 0.2) is 5.78 Å². The van der Waals surface area contributed by atoms with Crippen LogP contribution in [0.4, 0.5) is 5.82 Å². The Morgan fingerprint density at radius 3 is 2.81 bits per heavy atom. The molecule has 4 nitrogen and oxygen atoms in total. The number of pyridine rings is 1. The molecule has 4 heteroatoms. The molecule has 0 unspecified atom stereocenters. The summed E-state index contributed by atoms with van der Waals surface area (Å²) in [6, 6.07) is 3.39. The van der Waals surface area contributed by atoms with E-state index in [1.165, 1.54) is 0 Å². The van der Waals surface area contributed by atoms with Crippen molar-refractivity contribution in [1.82, 2.24) is 9.88 Å². The van der Waals surface area contributed by atoms with E-state index in [9.17, 15) is 4.79 Å². The second-order valence-electron chi connectivity index (χ2n) is 3.89. The van der Waals surface area contributed by atoms with Crippen molar-refractivity contribution in [3.05, 3.63) is 23.9 Å². The van der Waals surface area contributed by atoms with Gasteiger partial charge in [-0.15, -0.1) is 0 Å². The van der Waals surface area contributed by atoms with Crippen molar-refractivity contribution in [2.24, 2.45) is 0 Å². The van der Waals surface area contributed by atoms with E-state index in [1.807, 2.05) is 0 Å². The molecular formula is C12H19N3O. The molecule has 0 saturated carbocycles. The van der Waals surface area contributed by atoms with Crippen LogP contribution in [0.5, 0.6) is 0 Å². The molecule has 0 aliphatic carbocycles. The van der Waals surface area contributed by atoms with E-state index >= 15 is 0 Å². The molecular weight excluding hydrogens is 202 g/mol. The molecule has 1 rings (SSSR count). The third kappa shape index (κ3) is 3.98. The predicted molar refractivity (Wildman–Crippen MR) is 65.4 cm³/mol. The molecule has 0 aliphatic heterocycles. The lowest BCUT2D eigenvalue weighted by molar-refractivity contribution is 0.0976. The fourth-order valence-corrected chi connectivity index (χ4v) is 1.38. The molecule has 88 valence electrons. The first-order chi connectivity index (χ1) is 7.63. The van der Waals surface area contributed by atoms with Crippen molar-refractivity contribution in [1.29, 1.82) is 0 Å². The van der Waals surface area contributed by atoms with Gasteiger partial charge in [0, 0.05) is 18.2 Å². The number of aromatic nitrogens is 1. The maximum Gasteiger partial charge on any atom is 0.164 e. The first kappa shape index (κ1) is 12.6. The lowest BCUT2D eigenvalue weighted by Gasteiger charge is -2.12. The van der Waals surface area contributed by atoms with Crippen LogP contribution in [0.15, 0.2) is 18.3 Å². The summed E-state index contributed by atoms with van der Waals surface area (Å²) < 4.78 is 0. The Hall–Kier alpha value is -1.42. The summed E-state index contributed by atoms with van der Waals surface area (Å²) in [6.07, 6.45) is 2.99. The monoisotopic (exact) mass is 221 g/mol. The van der Waals surface area contributed by atoms with Gasteiger partial charge in [0.1, 0.15) is 5.82 Å². The smallest absolute Gasteiger partial charge is 0.164 e. The van der Waals surface area contributed by atoms with Crippen LogP contribution in [0.25, 0.3) is 0 Å². The van der Waals surface area contributed by atoms with Gasteiger partial charge in [-0.1, -0.05) is 6.92 Å². The molecule has 1 aromatic rings. The third-order valence-corrected chi connectivity index (χ3v) is 2.59. The van der Waals surface area contributed by atoms with Gasteiger partial charge in [-0.3, -0.25) is 4.79 Å². The standard InChI is InChI=1S/C12H19N3O/c1-3-15(2)8-4-5-11(16)10-6-7-12(13)14-9-10/h6-7,9H,3-5,8H2,1-2H3,(H2,13,14). The lowest BCUT2D eigenvalue weighted by Crippen LogP contribution is -2.19. The van der Waals surface area contributed by atoms with Crippen molar-refractivity contribution >= 4 is 11.6 Å². The quantitative estimate of drug-likeness (QED) is 0.741. The zero-order valence-electron chi connectivity index (χ0n) is 9.94. The fraction of sp³-hybridized carbons (Fsp3) is 0.500. The molecule has 16 heavy (non-hydrogen) atoms. The number of ketones is 1. The molecule has 0 radical (unpaired) electrons. The Morgan fingerprint density at radius 2 is 2.25 bits per heavy atom. The number of nitrogens with two attached hydrogens (primary N) is 1. The molecule has 0 aromatic carbocycles. The maximum atomic E-state index is 11.7. The number of hydrogen-bond acceptors (Lipinski definition) is 4. The molecule has 1 heterocycles. The molecule has 0 saturated heterocycles. The van der Waals surface area contributed by atoms with Crippen molar-refractivity contribution < 1.29 is 4.79 Å². The van der Waals surface area contributed by atoms with Crippen LogP contribution < -0.4 is 5.73 Å². The van der Waals surface area contributed by atoms with Crippen LogP contribution in [-0.4, -0.2) is 35.8 Å². The molecule has 0 spiro atoms. The van der Waals surface area contributed by atoms with Gasteiger partial charge >= 0.3 is 0 Å². The first-order valence-electron chi connectivity index (χ1n) is 5.56. The van der Waals surface area contributed by atoms with E-state index in [-0.39, 0.29) is 5.78 Å². The van der Waals surface area contributed by atoms with Gasteiger partial charge in [0.2, 0.25) is 0 Å². The van der Waals surface area contributed by atoms with Crippen molar-refractivity contribution in [3.63, 3.8) is 0 Å². The van der Waals surface area contributed by atoms with E-state index in [2.05, 4.69) is 23.9 Å². The minimum atomic E-state index is 0.136. The van der Waals surface area contributed by atoms with Crippen molar-refractivity contribution in [3.8, 4) is 0 Å². The van der Waals surface area contributed by atoms with E-state index in [0.29, 0.717) is 17.8 Å². The molecule has 2 N–H and O–H groups in total. The molecule has 0 atom stereocenters. The summed E-state index contributed by atoms with van der Waals surface area (Å²) >= 11 is 0. The number of Topliss-reactive ketones (excluding diaryl/α,β-unsaturated/α-hetero) is 1. The lowest BCUT2D eigenvalue weighted by atomic mass is 10.1. The number of carbonyl (C=O) groups is 1. The average molecular weight is 221 g/mol. The molecule has 0 aliphatic rings. The van der Waals surface area contributed by atoms with Gasteiger partial charge in [-0.25, -0.2) is 4.98 Å². The number of anilines is 1. The Labute approximate surface area is 96.5 Å². The highest BCUT2D eigenvalue weighted by Gasteiger charge is 2.06. The molecule has 1 aromatic heterocycles. The molecule has 0 bridgehead atoms. The summed E-state index contributed by atoms with van der Waals surface area (Å²) in [5, 5.41) is 0. The predicted octanol–water partition coefficient (Wildman–Crippen LogP) is 1.58. The highest BCUT2D eigenvalue weighted by atomic mass is 16.1. The Kier molecular flexibility index (Phi) is 4.92. The summed E-state index contributed by atoms with van der Waals surface area (Å²) in [6.45, 7) is 4.06. The Balaban J connectivity index is 2.38. The van der Waals surface area contributed by atoms with Crippen LogP contribution in [0.2, 0.25) is 0 Å². The second-order valence-corrected chi connectivity index (χ2v) is 3.89. The number of nitrogens with zero attached hydrogens (tertiary/aromatic N) is 2. The van der Waals surface area contributed by atoms with Crippen LogP contribution in [0.3, 0.4) is 0 Å². The summed E-state index contributed by atoms with van der Waals surface area (Å²) in [4.78, 5) is 17.8. The van der Waals surface area contributed by atoms with E-state index in [1.54, 1.807) is 18.3 Å². The highest BCUT2D eigenvalue weighted by molar-refractivity contribution is 5.95. The van der Waals surface area contributed by atoms with Gasteiger partial charge in [0.25, 0.3) is 0 Å². The number of rotatable bonds is 6. The van der Waals surface area contributed by atoms with Gasteiger partial charge < -0.3 is 10.6 Å². The maximum absolute atomic E-state index is 11.7. The van der Waals surface area contributed by atoms with Crippen molar-refractivity contribution in [2.45, 2.75) is 19.8 Å². The van der Waals surface area contributed by atoms with Crippen molar-refractivity contribution in [2.75, 3.05) is 25.9 Å². The second kappa shape index (κ2) is 6.23. The Bertz CT molecular complexity index is 335. The largest absolute Gasteiger partial charge is 0.384 e. The van der Waals surface area contributed by atoms with Crippen LogP contribution in [0, 0.1) is 0 Å². The van der Waals surface area contributed by atoms with Crippen LogP contribution >= 0.6 is 0 Å². The van der Waals surface area contributed by atoms with E-state index < -0.39 is 0 Å². The van der Waals surface area contributed by atoms with E-state index in [4.69, 9.17) is 5.73 Å². The zero-order chi connectivity index (χ0) is 12.0. The summed E-state index contributed by atoms with van der Waals surface area (Å²) in [7, 11) is 2.05. The molecule has 0 fully saturated rings. The summed E-state index contributed by atoms with van der Waals surface area (Å²) in [5.74, 6) is 0.583. The third-order valence-electron chi connectivity index (χ3n) is 2.59. The SMILES string of the molecule is CCN(C)CCCC(=O)c1ccc(N)nc1. The normalized spacial score (nSPS) is 10.7. The summed E-state index contributed by atoms with van der Waals surface area (Å²) in [5.41, 5.74) is 6.10. The van der Waals surface area contributed by atoms with Gasteiger partial charge in [-0.05, 0) is 38.7 Å². The first-order valence-corrected chi connectivity index (χ1v) is 5.56. The van der Waals surface area contributed by atoms with Gasteiger partial charge in [0.05, 0.1) is 0 Å². The van der Waals surface area contributed by atoms with Gasteiger partial charge in [-0.2, -0.15) is 0 Å². The molecule has 0 amide bonds. The fourth-order valence-electron chi connectivity index (χ4n) is 1.38. The minimum absolute atomic E-state index is 0.136.